The highest BCUT2D eigenvalue weighted by molar-refractivity contribution is 5.93. The molecule has 2 fully saturated rings. The van der Waals surface area contributed by atoms with Gasteiger partial charge in [0.2, 0.25) is 0 Å². The fourth-order valence-corrected chi connectivity index (χ4v) is 5.75. The molecule has 5 heteroatoms. The highest BCUT2D eigenvalue weighted by Gasteiger charge is 2.55. The Morgan fingerprint density at radius 3 is 2.66 bits per heavy atom. The van der Waals surface area contributed by atoms with Gasteiger partial charge < -0.3 is 14.7 Å². The van der Waals surface area contributed by atoms with Gasteiger partial charge in [0.25, 0.3) is 0 Å². The average molecular weight is 426 g/mol. The second kappa shape index (κ2) is 7.22. The molecule has 1 saturated carbocycles. The summed E-state index contributed by atoms with van der Waals surface area (Å²) in [6.45, 7) is 8.61. The highest BCUT2D eigenvalue weighted by Crippen LogP contribution is 2.54. The summed E-state index contributed by atoms with van der Waals surface area (Å²) >= 11 is 0. The standard InChI is InChI=1S/C27H31N5/c1-19-15-20(2)28-12-9-22(16-19)24-23(21-7-5-4-6-8-21)30(3)26-25(29-13-14-32(24)26)31-17-27(18-31)10-11-27/h4-8,12-14,16,22,26H,2,9-11,15,17-18H2,1,3H3/b19-16+,28-12?. The van der Waals surface area contributed by atoms with Crippen molar-refractivity contribution in [1.29, 1.82) is 0 Å². The Labute approximate surface area is 190 Å². The first-order chi connectivity index (χ1) is 15.5. The molecule has 5 nitrogen and oxygen atoms in total. The van der Waals surface area contributed by atoms with Gasteiger partial charge in [-0.05, 0) is 31.7 Å². The molecule has 0 aromatic heterocycles. The van der Waals surface area contributed by atoms with Gasteiger partial charge in [-0.2, -0.15) is 0 Å². The molecule has 2 atom stereocenters. The molecule has 0 radical (unpaired) electrons. The fraction of sp³-hybridized carbons (Fsp3) is 0.407. The summed E-state index contributed by atoms with van der Waals surface area (Å²) in [5.41, 5.74) is 6.75. The monoisotopic (exact) mass is 425 g/mol. The van der Waals surface area contributed by atoms with Crippen molar-refractivity contribution in [3.8, 4) is 0 Å². The maximum Gasteiger partial charge on any atom is 0.165 e. The maximum atomic E-state index is 4.90. The Bertz CT molecular complexity index is 1090. The molecule has 32 heavy (non-hydrogen) atoms. The van der Waals surface area contributed by atoms with Crippen LogP contribution in [-0.2, 0) is 0 Å². The zero-order chi connectivity index (χ0) is 21.9. The van der Waals surface area contributed by atoms with Crippen molar-refractivity contribution in [2.75, 3.05) is 20.1 Å². The molecular weight excluding hydrogens is 394 g/mol. The van der Waals surface area contributed by atoms with Crippen LogP contribution in [0.1, 0.15) is 38.2 Å². The first-order valence-corrected chi connectivity index (χ1v) is 11.7. The second-order valence-corrected chi connectivity index (χ2v) is 10.0. The average Bonchev–Trinajstić information content (AvgIpc) is 3.50. The Hall–Kier alpha value is -3.08. The Balaban J connectivity index is 1.42. The predicted molar refractivity (Wildman–Crippen MR) is 131 cm³/mol. The SMILES string of the molecule is C=C1C/C(C)=C/C(C2=C(c3ccccc3)N(C)C3C(N4CC5(CC5)C4)=NC=CN23)CC=N1. The van der Waals surface area contributed by atoms with E-state index in [-0.39, 0.29) is 12.1 Å². The second-order valence-electron chi connectivity index (χ2n) is 10.0. The number of likely N-dealkylation sites (tertiary alicyclic amines) is 1. The molecule has 1 spiro atoms. The lowest BCUT2D eigenvalue weighted by atomic mass is 9.93. The van der Waals surface area contributed by atoms with Gasteiger partial charge in [0.05, 0.1) is 11.4 Å². The van der Waals surface area contributed by atoms with E-state index in [1.807, 2.05) is 12.4 Å². The minimum absolute atomic E-state index is 0.104. The number of benzene rings is 1. The van der Waals surface area contributed by atoms with Crippen LogP contribution in [0.3, 0.4) is 0 Å². The number of allylic oxidation sites excluding steroid dienone is 2. The van der Waals surface area contributed by atoms with Crippen molar-refractivity contribution in [3.63, 3.8) is 0 Å². The van der Waals surface area contributed by atoms with Gasteiger partial charge in [0.1, 0.15) is 5.84 Å². The van der Waals surface area contributed by atoms with Crippen molar-refractivity contribution >= 4 is 17.7 Å². The largest absolute Gasteiger partial charge is 0.355 e. The number of hydrogen-bond donors (Lipinski definition) is 0. The van der Waals surface area contributed by atoms with Crippen LogP contribution in [0.5, 0.6) is 0 Å². The maximum absolute atomic E-state index is 4.90. The number of fused-ring (bicyclic) bond motifs is 1. The molecular formula is C27H31N5. The van der Waals surface area contributed by atoms with Crippen LogP contribution in [0.2, 0.25) is 0 Å². The zero-order valence-corrected chi connectivity index (χ0v) is 19.0. The normalized spacial score (nSPS) is 29.9. The van der Waals surface area contributed by atoms with Crippen LogP contribution in [0.4, 0.5) is 0 Å². The highest BCUT2D eigenvalue weighted by atomic mass is 15.5. The van der Waals surface area contributed by atoms with Crippen LogP contribution >= 0.6 is 0 Å². The lowest BCUT2D eigenvalue weighted by molar-refractivity contribution is 0.140. The summed E-state index contributed by atoms with van der Waals surface area (Å²) in [5.74, 6) is 1.44. The molecule has 1 aromatic rings. The van der Waals surface area contributed by atoms with Gasteiger partial charge in [-0.15, -0.1) is 0 Å². The lowest BCUT2D eigenvalue weighted by Gasteiger charge is -2.47. The van der Waals surface area contributed by atoms with E-state index in [1.165, 1.54) is 41.2 Å². The van der Waals surface area contributed by atoms with Gasteiger partial charge >= 0.3 is 0 Å². The van der Waals surface area contributed by atoms with E-state index in [2.05, 4.69) is 82.9 Å². The van der Waals surface area contributed by atoms with E-state index >= 15 is 0 Å². The molecule has 5 aliphatic rings. The number of amidine groups is 1. The molecule has 1 aliphatic carbocycles. The van der Waals surface area contributed by atoms with E-state index in [0.29, 0.717) is 5.41 Å². The first-order valence-electron chi connectivity index (χ1n) is 11.7. The quantitative estimate of drug-likeness (QED) is 0.636. The van der Waals surface area contributed by atoms with Gasteiger partial charge in [0, 0.05) is 62.2 Å². The molecule has 0 amide bonds. The van der Waals surface area contributed by atoms with Crippen molar-refractivity contribution in [2.45, 2.75) is 38.8 Å². The van der Waals surface area contributed by atoms with Gasteiger partial charge in [-0.3, -0.25) is 4.99 Å². The lowest BCUT2D eigenvalue weighted by Crippen LogP contribution is -2.59. The Morgan fingerprint density at radius 2 is 1.91 bits per heavy atom. The Kier molecular flexibility index (Phi) is 4.42. The van der Waals surface area contributed by atoms with Gasteiger partial charge in [-0.25, -0.2) is 4.99 Å². The van der Waals surface area contributed by atoms with Gasteiger partial charge in [-0.1, -0.05) is 48.6 Å². The van der Waals surface area contributed by atoms with Crippen molar-refractivity contribution in [2.24, 2.45) is 21.3 Å². The molecule has 164 valence electrons. The van der Waals surface area contributed by atoms with Crippen molar-refractivity contribution in [3.05, 3.63) is 77.9 Å². The smallest absolute Gasteiger partial charge is 0.165 e. The van der Waals surface area contributed by atoms with E-state index < -0.39 is 0 Å². The van der Waals surface area contributed by atoms with Gasteiger partial charge in [0.15, 0.2) is 6.17 Å². The topological polar surface area (TPSA) is 34.4 Å². The van der Waals surface area contributed by atoms with Crippen LogP contribution in [0.15, 0.2) is 82.3 Å². The molecule has 4 aliphatic heterocycles. The molecule has 6 rings (SSSR count). The van der Waals surface area contributed by atoms with Crippen molar-refractivity contribution < 1.29 is 0 Å². The Morgan fingerprint density at radius 1 is 1.12 bits per heavy atom. The molecule has 2 unspecified atom stereocenters. The summed E-state index contributed by atoms with van der Waals surface area (Å²) in [4.78, 5) is 16.9. The van der Waals surface area contributed by atoms with E-state index in [0.717, 1.165) is 31.6 Å². The zero-order valence-electron chi connectivity index (χ0n) is 19.0. The third kappa shape index (κ3) is 3.14. The van der Waals surface area contributed by atoms with Crippen molar-refractivity contribution in [1.82, 2.24) is 14.7 Å². The molecule has 0 N–H and O–H groups in total. The third-order valence-electron chi connectivity index (χ3n) is 7.50. The first kappa shape index (κ1) is 19.6. The predicted octanol–water partition coefficient (Wildman–Crippen LogP) is 4.85. The molecule has 1 aromatic carbocycles. The molecule has 4 heterocycles. The third-order valence-corrected chi connectivity index (χ3v) is 7.50. The van der Waals surface area contributed by atoms with E-state index in [9.17, 15) is 0 Å². The summed E-state index contributed by atoms with van der Waals surface area (Å²) in [6.07, 6.45) is 13.2. The van der Waals surface area contributed by atoms with Crippen LogP contribution in [-0.4, -0.2) is 53.1 Å². The minimum atomic E-state index is 0.104. The van der Waals surface area contributed by atoms with Crippen LogP contribution in [0.25, 0.3) is 5.70 Å². The van der Waals surface area contributed by atoms with E-state index in [4.69, 9.17) is 4.99 Å². The summed E-state index contributed by atoms with van der Waals surface area (Å²) < 4.78 is 0. The van der Waals surface area contributed by atoms with Crippen LogP contribution < -0.4 is 0 Å². The number of hydrogen-bond acceptors (Lipinski definition) is 5. The number of rotatable bonds is 2. The molecule has 1 saturated heterocycles. The molecule has 0 bridgehead atoms. The summed E-state index contributed by atoms with van der Waals surface area (Å²) in [6, 6.07) is 10.8. The number of likely N-dealkylation sites (N-methyl/N-ethyl adjacent to an activating group) is 1. The van der Waals surface area contributed by atoms with E-state index in [1.54, 1.807) is 0 Å². The number of nitrogens with zero attached hydrogens (tertiary/aromatic N) is 5. The summed E-state index contributed by atoms with van der Waals surface area (Å²) in [5, 5.41) is 0. The van der Waals surface area contributed by atoms with Crippen LogP contribution in [0, 0.1) is 11.3 Å². The fourth-order valence-electron chi connectivity index (χ4n) is 5.75. The minimum Gasteiger partial charge on any atom is -0.355 e. The number of aliphatic imine (C=N–C) groups is 2. The summed E-state index contributed by atoms with van der Waals surface area (Å²) in [7, 11) is 2.23.